The maximum Gasteiger partial charge on any atom is 0.407 e. The van der Waals surface area contributed by atoms with Gasteiger partial charge in [0, 0.05) is 62.9 Å². The Kier molecular flexibility index (Phi) is 11.0. The van der Waals surface area contributed by atoms with Gasteiger partial charge in [0.25, 0.3) is 0 Å². The number of morpholine rings is 1. The summed E-state index contributed by atoms with van der Waals surface area (Å²) in [6.45, 7) is 11.6. The Bertz CT molecular complexity index is 1350. The maximum atomic E-state index is 14.3. The molecule has 0 spiro atoms. The second-order valence-electron chi connectivity index (χ2n) is 12.6. The fourth-order valence-corrected chi connectivity index (χ4v) is 6.61. The quantitative estimate of drug-likeness (QED) is 0.387. The van der Waals surface area contributed by atoms with Gasteiger partial charge in [0.2, 0.25) is 17.7 Å². The van der Waals surface area contributed by atoms with Gasteiger partial charge in [-0.15, -0.1) is 0 Å². The molecule has 1 aromatic carbocycles. The zero-order valence-corrected chi connectivity index (χ0v) is 27.4. The number of amides is 2. The van der Waals surface area contributed by atoms with E-state index in [-0.39, 0.29) is 61.7 Å². The first-order chi connectivity index (χ1) is 22.0. The van der Waals surface area contributed by atoms with Crippen molar-refractivity contribution in [3.63, 3.8) is 0 Å². The minimum atomic E-state index is -0.953. The van der Waals surface area contributed by atoms with Crippen LogP contribution in [0.3, 0.4) is 0 Å². The number of rotatable bonds is 10. The van der Waals surface area contributed by atoms with Crippen molar-refractivity contribution in [2.24, 2.45) is 0 Å². The molecule has 3 aliphatic heterocycles. The predicted octanol–water partition coefficient (Wildman–Crippen LogP) is 3.11. The van der Waals surface area contributed by atoms with E-state index in [0.717, 1.165) is 11.1 Å². The Morgan fingerprint density at radius 2 is 1.72 bits per heavy atom. The molecular weight excluding hydrogens is 597 g/mol. The Labute approximate surface area is 269 Å². The number of benzene rings is 1. The first-order valence-corrected chi connectivity index (χ1v) is 16.0. The van der Waals surface area contributed by atoms with Crippen LogP contribution in [0.15, 0.2) is 30.3 Å². The molecule has 2 fully saturated rings. The van der Waals surface area contributed by atoms with Crippen LogP contribution in [0.25, 0.3) is 0 Å². The second-order valence-corrected chi connectivity index (χ2v) is 12.6. The van der Waals surface area contributed by atoms with E-state index in [2.05, 4.69) is 23.6 Å². The highest BCUT2D eigenvalue weighted by molar-refractivity contribution is 5.97. The van der Waals surface area contributed by atoms with Crippen LogP contribution in [0.4, 0.5) is 14.9 Å². The third-order valence-corrected chi connectivity index (χ3v) is 9.08. The number of carboxylic acid groups (broad SMARTS) is 1. The summed E-state index contributed by atoms with van der Waals surface area (Å²) in [5.41, 5.74) is 2.14. The van der Waals surface area contributed by atoms with Crippen LogP contribution in [0.1, 0.15) is 38.8 Å². The molecule has 0 bridgehead atoms. The highest BCUT2D eigenvalue weighted by Gasteiger charge is 2.40. The average molecular weight is 644 g/mol. The van der Waals surface area contributed by atoms with E-state index in [4.69, 9.17) is 23.9 Å². The van der Waals surface area contributed by atoms with Gasteiger partial charge in [0.1, 0.15) is 24.7 Å². The second kappa shape index (κ2) is 14.9. The third kappa shape index (κ3) is 7.71. The number of nitrogens with zero attached hydrogens (tertiary/aromatic N) is 5. The number of carbonyl (C=O) groups excluding carboxylic acids is 1. The maximum absolute atomic E-state index is 14.3. The molecule has 1 N–H and O–H groups in total. The van der Waals surface area contributed by atoms with Crippen molar-refractivity contribution in [3.05, 3.63) is 47.3 Å². The summed E-state index contributed by atoms with van der Waals surface area (Å²) in [5, 5.41) is 9.93. The lowest BCUT2D eigenvalue weighted by molar-refractivity contribution is -0.122. The van der Waals surface area contributed by atoms with Gasteiger partial charge in [-0.25, -0.2) is 9.18 Å². The molecule has 0 aliphatic carbocycles. The number of pyridine rings is 1. The summed E-state index contributed by atoms with van der Waals surface area (Å²) in [7, 11) is 1.59. The van der Waals surface area contributed by atoms with E-state index in [9.17, 15) is 19.1 Å². The number of ether oxygens (including phenoxy) is 4. The van der Waals surface area contributed by atoms with E-state index < -0.39 is 6.09 Å². The molecule has 12 nitrogen and oxygen atoms in total. The van der Waals surface area contributed by atoms with Gasteiger partial charge in [-0.3, -0.25) is 14.6 Å². The van der Waals surface area contributed by atoms with Crippen LogP contribution in [-0.4, -0.2) is 133 Å². The molecule has 1 aromatic heterocycles. The molecular formula is C33H46FN5O7. The Balaban J connectivity index is 1.42. The average Bonchev–Trinajstić information content (AvgIpc) is 3.01. The molecule has 2 saturated heterocycles. The lowest BCUT2D eigenvalue weighted by Gasteiger charge is -2.48. The topological polar surface area (TPSA) is 117 Å². The van der Waals surface area contributed by atoms with E-state index in [0.29, 0.717) is 63.3 Å². The number of aromatic nitrogens is 1. The minimum absolute atomic E-state index is 0.110. The van der Waals surface area contributed by atoms with E-state index in [1.807, 2.05) is 19.9 Å². The van der Waals surface area contributed by atoms with Crippen molar-refractivity contribution in [3.8, 4) is 11.8 Å². The molecule has 13 heteroatoms. The van der Waals surface area contributed by atoms with Crippen LogP contribution in [-0.2, 0) is 20.7 Å². The van der Waals surface area contributed by atoms with Crippen molar-refractivity contribution in [2.75, 3.05) is 71.2 Å². The summed E-state index contributed by atoms with van der Waals surface area (Å²) in [6, 6.07) is 7.75. The SMILES string of the molecule is COCCOc1nc2c(cc1Cc1ccc(F)cc1)N(C(=O)CN1C[C@@H](C)N(C(=O)O)C[C@@H]1CN1[C@H](C)COC[C@H]1C)C(C)CO2. The summed E-state index contributed by atoms with van der Waals surface area (Å²) in [4.78, 5) is 38.8. The normalized spacial score (nSPS) is 25.6. The first kappa shape index (κ1) is 33.8. The highest BCUT2D eigenvalue weighted by atomic mass is 19.1. The molecule has 0 saturated carbocycles. The van der Waals surface area contributed by atoms with Crippen LogP contribution < -0.4 is 14.4 Å². The van der Waals surface area contributed by atoms with Crippen molar-refractivity contribution in [1.29, 1.82) is 0 Å². The zero-order chi connectivity index (χ0) is 33.0. The number of fused-ring (bicyclic) bond motifs is 1. The molecule has 46 heavy (non-hydrogen) atoms. The van der Waals surface area contributed by atoms with Gasteiger partial charge < -0.3 is 33.9 Å². The molecule has 3 aliphatic rings. The smallest absolute Gasteiger partial charge is 0.407 e. The van der Waals surface area contributed by atoms with Gasteiger partial charge >= 0.3 is 6.09 Å². The number of anilines is 1. The van der Waals surface area contributed by atoms with Crippen LogP contribution in [0.5, 0.6) is 11.8 Å². The highest BCUT2D eigenvalue weighted by Crippen LogP contribution is 2.38. The van der Waals surface area contributed by atoms with Gasteiger partial charge in [-0.05, 0) is 51.5 Å². The summed E-state index contributed by atoms with van der Waals surface area (Å²) >= 11 is 0. The summed E-state index contributed by atoms with van der Waals surface area (Å²) < 4.78 is 36.5. The molecule has 5 atom stereocenters. The van der Waals surface area contributed by atoms with Crippen molar-refractivity contribution < 1.29 is 38.0 Å². The Hall–Kier alpha value is -3.52. The van der Waals surface area contributed by atoms with Gasteiger partial charge in [0.15, 0.2) is 0 Å². The summed E-state index contributed by atoms with van der Waals surface area (Å²) in [6.07, 6.45) is -0.545. The fourth-order valence-electron chi connectivity index (χ4n) is 6.61. The van der Waals surface area contributed by atoms with E-state index in [1.165, 1.54) is 17.0 Å². The van der Waals surface area contributed by atoms with Crippen LogP contribution in [0.2, 0.25) is 0 Å². The molecule has 5 rings (SSSR count). The van der Waals surface area contributed by atoms with Crippen molar-refractivity contribution in [1.82, 2.24) is 19.7 Å². The van der Waals surface area contributed by atoms with E-state index in [1.54, 1.807) is 24.1 Å². The predicted molar refractivity (Wildman–Crippen MR) is 169 cm³/mol. The van der Waals surface area contributed by atoms with Gasteiger partial charge in [0.05, 0.1) is 32.4 Å². The molecule has 252 valence electrons. The number of piperazine rings is 1. The first-order valence-electron chi connectivity index (χ1n) is 16.0. The molecule has 2 aromatic rings. The Morgan fingerprint density at radius 3 is 2.39 bits per heavy atom. The zero-order valence-electron chi connectivity index (χ0n) is 27.4. The summed E-state index contributed by atoms with van der Waals surface area (Å²) in [5.74, 6) is 0.230. The lowest BCUT2D eigenvalue weighted by atomic mass is 10.0. The minimum Gasteiger partial charge on any atom is -0.475 e. The number of hydrogen-bond donors (Lipinski definition) is 1. The van der Waals surface area contributed by atoms with Crippen molar-refractivity contribution >= 4 is 17.7 Å². The number of methoxy groups -OCH3 is 1. The largest absolute Gasteiger partial charge is 0.475 e. The molecule has 4 heterocycles. The van der Waals surface area contributed by atoms with Crippen LogP contribution in [0, 0.1) is 5.82 Å². The standard InChI is InChI=1S/C33H46FN5O7/c1-21-14-36(28(16-38(21)33(41)42)15-37-22(2)18-44-19-23(37)3)17-30(40)39-24(4)20-46-32-29(39)13-26(31(35-32)45-11-10-43-5)12-25-6-8-27(34)9-7-25/h6-9,13,21-24,28H,10-12,14-20H2,1-5H3,(H,41,42)/t21-,22-,23-,24?,28+/m1/s1. The number of halogens is 1. The molecule has 2 amide bonds. The molecule has 0 radical (unpaired) electrons. The number of carbonyl (C=O) groups is 2. The van der Waals surface area contributed by atoms with Crippen molar-refractivity contribution in [2.45, 2.75) is 64.3 Å². The van der Waals surface area contributed by atoms with Gasteiger partial charge in [-0.2, -0.15) is 4.98 Å². The number of hydrogen-bond acceptors (Lipinski definition) is 9. The Morgan fingerprint density at radius 1 is 1.00 bits per heavy atom. The monoisotopic (exact) mass is 643 g/mol. The third-order valence-electron chi connectivity index (χ3n) is 9.08. The lowest BCUT2D eigenvalue weighted by Crippen LogP contribution is -2.65. The van der Waals surface area contributed by atoms with E-state index >= 15 is 0 Å². The van der Waals surface area contributed by atoms with Crippen LogP contribution >= 0.6 is 0 Å². The van der Waals surface area contributed by atoms with Gasteiger partial charge in [-0.1, -0.05) is 12.1 Å². The fraction of sp³-hybridized carbons (Fsp3) is 0.606. The molecule has 1 unspecified atom stereocenters.